The fourth-order valence-electron chi connectivity index (χ4n) is 4.39. The van der Waals surface area contributed by atoms with Crippen LogP contribution in [0.15, 0.2) is 140 Å². The van der Waals surface area contributed by atoms with Gasteiger partial charge >= 0.3 is 0 Å². The van der Waals surface area contributed by atoms with E-state index in [1.807, 2.05) is 36.4 Å². The molecule has 0 fully saturated rings. The molecular formula is C35H34. The van der Waals surface area contributed by atoms with Gasteiger partial charge in [0.1, 0.15) is 0 Å². The summed E-state index contributed by atoms with van der Waals surface area (Å²) in [7, 11) is 0. The van der Waals surface area contributed by atoms with E-state index in [0.29, 0.717) is 0 Å². The van der Waals surface area contributed by atoms with E-state index in [0.717, 1.165) is 6.42 Å². The van der Waals surface area contributed by atoms with Crippen molar-refractivity contribution in [2.24, 2.45) is 0 Å². The first-order valence-electron chi connectivity index (χ1n) is 12.7. The van der Waals surface area contributed by atoms with Gasteiger partial charge < -0.3 is 0 Å². The van der Waals surface area contributed by atoms with E-state index in [1.165, 1.54) is 47.6 Å². The van der Waals surface area contributed by atoms with Crippen LogP contribution in [0.5, 0.6) is 0 Å². The van der Waals surface area contributed by atoms with Crippen molar-refractivity contribution in [1.82, 2.24) is 0 Å². The monoisotopic (exact) mass is 454 g/mol. The first-order chi connectivity index (χ1) is 17.4. The molecule has 0 saturated heterocycles. The molecule has 0 aliphatic heterocycles. The molecule has 5 aromatic rings. The van der Waals surface area contributed by atoms with E-state index in [1.54, 1.807) is 11.1 Å². The maximum Gasteiger partial charge on any atom is -0.00882 e. The van der Waals surface area contributed by atoms with Gasteiger partial charge in [-0.3, -0.25) is 0 Å². The average molecular weight is 455 g/mol. The lowest BCUT2D eigenvalue weighted by molar-refractivity contribution is 0.685. The molecule has 2 aliphatic rings. The van der Waals surface area contributed by atoms with Gasteiger partial charge in [0.15, 0.2) is 0 Å². The summed E-state index contributed by atoms with van der Waals surface area (Å²) in [5.74, 6) is 0. The minimum Gasteiger partial charge on any atom is -0.0795 e. The summed E-state index contributed by atoms with van der Waals surface area (Å²) in [4.78, 5) is 0. The summed E-state index contributed by atoms with van der Waals surface area (Å²) in [5.41, 5.74) is 6.00. The lowest BCUT2D eigenvalue weighted by Crippen LogP contribution is -2.00. The zero-order chi connectivity index (χ0) is 24.0. The molecule has 0 heterocycles. The normalized spacial score (nSPS) is 12.5. The van der Waals surface area contributed by atoms with Crippen LogP contribution in [-0.2, 0) is 19.3 Å². The first kappa shape index (κ1) is 24.2. The number of hydrogen-bond donors (Lipinski definition) is 0. The minimum absolute atomic E-state index is 1.12. The molecule has 0 atom stereocenters. The molecule has 5 aromatic carbocycles. The molecule has 0 amide bonds. The molecule has 0 heteroatoms. The van der Waals surface area contributed by atoms with Crippen molar-refractivity contribution < 1.29 is 0 Å². The van der Waals surface area contributed by atoms with Crippen molar-refractivity contribution >= 4 is 16.8 Å². The Balaban J connectivity index is 0.000000112. The standard InChI is InChI=1S/C10H12.C10H8.C9H8.C6H6/c2*1-2-6-10-8-4-3-7-9(10)5-1;1-2-5-9-7-3-6-8(9)4-1;1-2-4-6-5-3-1/h1-2,5-6H,3-4,7-8H2;1-8H;1-6H,7H2;1-6H. The highest BCUT2D eigenvalue weighted by molar-refractivity contribution is 5.82. The van der Waals surface area contributed by atoms with Gasteiger partial charge in [0.25, 0.3) is 0 Å². The molecule has 0 unspecified atom stereocenters. The third kappa shape index (κ3) is 7.83. The molecule has 0 radical (unpaired) electrons. The van der Waals surface area contributed by atoms with Crippen molar-refractivity contribution in [2.75, 3.05) is 0 Å². The largest absolute Gasteiger partial charge is 0.0795 e. The molecule has 0 N–H and O–H groups in total. The number of rotatable bonds is 0. The second-order valence-corrected chi connectivity index (χ2v) is 8.78. The Labute approximate surface area is 210 Å². The van der Waals surface area contributed by atoms with E-state index < -0.39 is 0 Å². The SMILES string of the molecule is C1=Cc2ccccc2C1.c1ccc2c(c1)CCCC2.c1ccc2ccccc2c1.c1ccccc1. The number of fused-ring (bicyclic) bond motifs is 3. The Hall–Kier alpha value is -3.90. The second kappa shape index (κ2) is 13.7. The predicted molar refractivity (Wildman–Crippen MR) is 153 cm³/mol. The Morgan fingerprint density at radius 1 is 0.371 bits per heavy atom. The van der Waals surface area contributed by atoms with Gasteiger partial charge in [-0.15, -0.1) is 0 Å². The fraction of sp³-hybridized carbons (Fsp3) is 0.143. The Morgan fingerprint density at radius 3 is 1.23 bits per heavy atom. The highest BCUT2D eigenvalue weighted by Gasteiger charge is 2.06. The van der Waals surface area contributed by atoms with E-state index in [9.17, 15) is 0 Å². The van der Waals surface area contributed by atoms with Gasteiger partial charge in [0.05, 0.1) is 0 Å². The van der Waals surface area contributed by atoms with Gasteiger partial charge in [-0.05, 0) is 65.1 Å². The van der Waals surface area contributed by atoms with Gasteiger partial charge in [-0.1, -0.05) is 146 Å². The minimum atomic E-state index is 1.12. The molecule has 0 aromatic heterocycles. The van der Waals surface area contributed by atoms with Gasteiger partial charge in [0.2, 0.25) is 0 Å². The quantitative estimate of drug-likeness (QED) is 0.219. The van der Waals surface area contributed by atoms with Crippen molar-refractivity contribution in [3.63, 3.8) is 0 Å². The highest BCUT2D eigenvalue weighted by Crippen LogP contribution is 2.20. The van der Waals surface area contributed by atoms with Crippen LogP contribution in [0.3, 0.4) is 0 Å². The summed E-state index contributed by atoms with van der Waals surface area (Å²) >= 11 is 0. The van der Waals surface area contributed by atoms with E-state index in [-0.39, 0.29) is 0 Å². The summed E-state index contributed by atoms with van der Waals surface area (Å²) in [5, 5.41) is 2.62. The predicted octanol–water partition coefficient (Wildman–Crippen LogP) is 9.35. The topological polar surface area (TPSA) is 0 Å². The van der Waals surface area contributed by atoms with Crippen molar-refractivity contribution in [3.8, 4) is 0 Å². The Bertz CT molecular complexity index is 1200. The smallest absolute Gasteiger partial charge is 0.00882 e. The van der Waals surface area contributed by atoms with Crippen LogP contribution in [-0.4, -0.2) is 0 Å². The lowest BCUT2D eigenvalue weighted by Gasteiger charge is -2.13. The Morgan fingerprint density at radius 2 is 0.771 bits per heavy atom. The number of aryl methyl sites for hydroxylation is 2. The third-order valence-electron chi connectivity index (χ3n) is 6.28. The molecule has 35 heavy (non-hydrogen) atoms. The zero-order valence-corrected chi connectivity index (χ0v) is 20.4. The number of allylic oxidation sites excluding steroid dienone is 1. The van der Waals surface area contributed by atoms with Crippen LogP contribution < -0.4 is 0 Å². The van der Waals surface area contributed by atoms with Crippen LogP contribution in [0.25, 0.3) is 16.8 Å². The molecule has 7 rings (SSSR count). The summed E-state index contributed by atoms with van der Waals surface area (Å²) in [6.07, 6.45) is 10.9. The summed E-state index contributed by atoms with van der Waals surface area (Å²) < 4.78 is 0. The molecule has 2 aliphatic carbocycles. The molecule has 0 nitrogen and oxygen atoms in total. The van der Waals surface area contributed by atoms with E-state index in [4.69, 9.17) is 0 Å². The molecule has 0 saturated carbocycles. The maximum absolute atomic E-state index is 2.26. The van der Waals surface area contributed by atoms with Crippen LogP contribution >= 0.6 is 0 Å². The summed E-state index contributed by atoms with van der Waals surface area (Å²) in [6.45, 7) is 0. The van der Waals surface area contributed by atoms with Crippen molar-refractivity contribution in [3.05, 3.63) is 162 Å². The van der Waals surface area contributed by atoms with Crippen LogP contribution in [0.4, 0.5) is 0 Å². The first-order valence-corrected chi connectivity index (χ1v) is 12.7. The fourth-order valence-corrected chi connectivity index (χ4v) is 4.39. The number of benzene rings is 5. The summed E-state index contributed by atoms with van der Waals surface area (Å²) in [6, 6.07) is 46.0. The van der Waals surface area contributed by atoms with E-state index in [2.05, 4.69) is 109 Å². The molecular weight excluding hydrogens is 420 g/mol. The van der Waals surface area contributed by atoms with E-state index >= 15 is 0 Å². The highest BCUT2D eigenvalue weighted by atomic mass is 14.1. The van der Waals surface area contributed by atoms with Crippen LogP contribution in [0.1, 0.15) is 35.1 Å². The lowest BCUT2D eigenvalue weighted by atomic mass is 9.92. The maximum atomic E-state index is 2.26. The van der Waals surface area contributed by atoms with Gasteiger partial charge in [-0.25, -0.2) is 0 Å². The molecule has 174 valence electrons. The second-order valence-electron chi connectivity index (χ2n) is 8.78. The molecule has 0 spiro atoms. The van der Waals surface area contributed by atoms with Crippen LogP contribution in [0.2, 0.25) is 0 Å². The third-order valence-corrected chi connectivity index (χ3v) is 6.28. The van der Waals surface area contributed by atoms with Gasteiger partial charge in [0, 0.05) is 0 Å². The zero-order valence-electron chi connectivity index (χ0n) is 20.4. The van der Waals surface area contributed by atoms with Crippen LogP contribution in [0, 0.1) is 0 Å². The Kier molecular flexibility index (Phi) is 9.50. The molecule has 0 bridgehead atoms. The number of hydrogen-bond acceptors (Lipinski definition) is 0. The van der Waals surface area contributed by atoms with Gasteiger partial charge in [-0.2, -0.15) is 0 Å². The average Bonchev–Trinajstić information content (AvgIpc) is 3.44. The van der Waals surface area contributed by atoms with Crippen molar-refractivity contribution in [2.45, 2.75) is 32.1 Å². The van der Waals surface area contributed by atoms with Crippen molar-refractivity contribution in [1.29, 1.82) is 0 Å².